The first-order chi connectivity index (χ1) is 6.33. The number of nitrogens with zero attached hydrogens (tertiary/aromatic N) is 1. The van der Waals surface area contributed by atoms with Gasteiger partial charge < -0.3 is 10.6 Å². The van der Waals surface area contributed by atoms with E-state index in [0.717, 1.165) is 25.3 Å². The van der Waals surface area contributed by atoms with E-state index in [1.54, 1.807) is 11.3 Å². The lowest BCUT2D eigenvalue weighted by Crippen LogP contribution is -2.19. The van der Waals surface area contributed by atoms with Gasteiger partial charge in [0.2, 0.25) is 0 Å². The molecule has 0 aromatic carbocycles. The number of hydrogen-bond donors (Lipinski definition) is 2. The van der Waals surface area contributed by atoms with Crippen LogP contribution in [-0.2, 0) is 6.54 Å². The predicted octanol–water partition coefficient (Wildman–Crippen LogP) is 1.15. The van der Waals surface area contributed by atoms with E-state index >= 15 is 0 Å². The summed E-state index contributed by atoms with van der Waals surface area (Å²) < 4.78 is 0. The number of rotatable bonds is 6. The van der Waals surface area contributed by atoms with Crippen LogP contribution >= 0.6 is 11.3 Å². The zero-order valence-corrected chi connectivity index (χ0v) is 9.08. The normalized spacial score (nSPS) is 10.6. The summed E-state index contributed by atoms with van der Waals surface area (Å²) in [5.74, 6) is 0. The number of thiazole rings is 1. The molecule has 0 unspecified atom stereocenters. The number of aryl methyl sites for hydroxylation is 1. The lowest BCUT2D eigenvalue weighted by molar-refractivity contribution is 0.623. The molecule has 1 rings (SSSR count). The summed E-state index contributed by atoms with van der Waals surface area (Å²) in [7, 11) is 1.98. The van der Waals surface area contributed by atoms with E-state index < -0.39 is 0 Å². The third-order valence-electron chi connectivity index (χ3n) is 1.72. The molecule has 74 valence electrons. The summed E-state index contributed by atoms with van der Waals surface area (Å²) in [6, 6.07) is 0. The van der Waals surface area contributed by atoms with Gasteiger partial charge in [-0.05, 0) is 33.5 Å². The Labute approximate surface area is 83.6 Å². The summed E-state index contributed by atoms with van der Waals surface area (Å²) in [6.45, 7) is 5.06. The smallest absolute Gasteiger partial charge is 0.107 e. The van der Waals surface area contributed by atoms with Crippen molar-refractivity contribution in [2.75, 3.05) is 20.1 Å². The van der Waals surface area contributed by atoms with Crippen LogP contribution in [0, 0.1) is 6.92 Å². The maximum absolute atomic E-state index is 4.37. The quantitative estimate of drug-likeness (QED) is 0.675. The second-order valence-corrected chi connectivity index (χ2v) is 3.96. The Hall–Kier alpha value is -0.450. The van der Waals surface area contributed by atoms with Crippen molar-refractivity contribution in [2.45, 2.75) is 19.9 Å². The third-order valence-corrected chi connectivity index (χ3v) is 2.69. The van der Waals surface area contributed by atoms with Crippen LogP contribution in [-0.4, -0.2) is 25.1 Å². The van der Waals surface area contributed by atoms with Crippen molar-refractivity contribution < 1.29 is 0 Å². The standard InChI is InChI=1S/C9H17N3S/c1-8-7-13-9(12-8)6-11-5-3-4-10-2/h7,10-11H,3-6H2,1-2H3. The molecular formula is C9H17N3S. The number of nitrogens with one attached hydrogen (secondary N) is 2. The molecule has 3 nitrogen and oxygen atoms in total. The Morgan fingerprint density at radius 1 is 1.46 bits per heavy atom. The first-order valence-electron chi connectivity index (χ1n) is 4.59. The van der Waals surface area contributed by atoms with Crippen molar-refractivity contribution in [2.24, 2.45) is 0 Å². The van der Waals surface area contributed by atoms with E-state index in [4.69, 9.17) is 0 Å². The minimum absolute atomic E-state index is 0.905. The Kier molecular flexibility index (Phi) is 4.97. The second-order valence-electron chi connectivity index (χ2n) is 3.02. The fraction of sp³-hybridized carbons (Fsp3) is 0.667. The molecule has 0 aliphatic heterocycles. The van der Waals surface area contributed by atoms with Crippen LogP contribution < -0.4 is 10.6 Å². The molecule has 2 N–H and O–H groups in total. The average molecular weight is 199 g/mol. The molecule has 0 spiro atoms. The van der Waals surface area contributed by atoms with E-state index in [2.05, 4.69) is 21.0 Å². The molecule has 0 saturated carbocycles. The maximum atomic E-state index is 4.37. The molecule has 0 amide bonds. The second kappa shape index (κ2) is 6.07. The molecule has 0 atom stereocenters. The Balaban J connectivity index is 2.06. The zero-order valence-electron chi connectivity index (χ0n) is 8.26. The molecular weight excluding hydrogens is 182 g/mol. The number of hydrogen-bond acceptors (Lipinski definition) is 4. The largest absolute Gasteiger partial charge is 0.320 e. The van der Waals surface area contributed by atoms with Gasteiger partial charge in [-0.15, -0.1) is 11.3 Å². The fourth-order valence-corrected chi connectivity index (χ4v) is 1.81. The van der Waals surface area contributed by atoms with Crippen LogP contribution in [0.5, 0.6) is 0 Å². The fourth-order valence-electron chi connectivity index (χ4n) is 1.07. The van der Waals surface area contributed by atoms with E-state index in [-0.39, 0.29) is 0 Å². The third kappa shape index (κ3) is 4.36. The van der Waals surface area contributed by atoms with E-state index in [1.807, 2.05) is 14.0 Å². The molecule has 0 aliphatic rings. The van der Waals surface area contributed by atoms with Crippen molar-refractivity contribution >= 4 is 11.3 Å². The van der Waals surface area contributed by atoms with Crippen molar-refractivity contribution in [1.82, 2.24) is 15.6 Å². The highest BCUT2D eigenvalue weighted by Crippen LogP contribution is 2.07. The van der Waals surface area contributed by atoms with Gasteiger partial charge in [0.05, 0.1) is 0 Å². The molecule has 1 aromatic heterocycles. The lowest BCUT2D eigenvalue weighted by Gasteiger charge is -2.01. The highest BCUT2D eigenvalue weighted by atomic mass is 32.1. The summed E-state index contributed by atoms with van der Waals surface area (Å²) in [5, 5.41) is 9.75. The molecule has 1 heterocycles. The summed E-state index contributed by atoms with van der Waals surface area (Å²) in [5.41, 5.74) is 1.12. The molecule has 0 radical (unpaired) electrons. The van der Waals surface area contributed by atoms with E-state index in [0.29, 0.717) is 0 Å². The highest BCUT2D eigenvalue weighted by molar-refractivity contribution is 7.09. The van der Waals surface area contributed by atoms with Gasteiger partial charge >= 0.3 is 0 Å². The Morgan fingerprint density at radius 3 is 2.92 bits per heavy atom. The maximum Gasteiger partial charge on any atom is 0.107 e. The first kappa shape index (κ1) is 10.6. The molecule has 0 bridgehead atoms. The molecule has 1 aromatic rings. The summed E-state index contributed by atoms with van der Waals surface area (Å²) in [6.07, 6.45) is 1.17. The van der Waals surface area contributed by atoms with Crippen LogP contribution in [0.2, 0.25) is 0 Å². The minimum Gasteiger partial charge on any atom is -0.320 e. The predicted molar refractivity (Wildman–Crippen MR) is 57.1 cm³/mol. The monoisotopic (exact) mass is 199 g/mol. The van der Waals surface area contributed by atoms with Crippen LogP contribution in [0.3, 0.4) is 0 Å². The Morgan fingerprint density at radius 2 is 2.31 bits per heavy atom. The topological polar surface area (TPSA) is 37.0 Å². The SMILES string of the molecule is CNCCCNCc1nc(C)cs1. The van der Waals surface area contributed by atoms with Gasteiger partial charge in [-0.25, -0.2) is 4.98 Å². The molecule has 0 saturated heterocycles. The van der Waals surface area contributed by atoms with Crippen molar-refractivity contribution in [1.29, 1.82) is 0 Å². The van der Waals surface area contributed by atoms with Crippen molar-refractivity contribution in [3.05, 3.63) is 16.1 Å². The van der Waals surface area contributed by atoms with Crippen LogP contribution in [0.25, 0.3) is 0 Å². The lowest BCUT2D eigenvalue weighted by atomic mass is 10.4. The Bertz CT molecular complexity index is 235. The molecule has 0 fully saturated rings. The minimum atomic E-state index is 0.905. The molecule has 0 aliphatic carbocycles. The number of aromatic nitrogens is 1. The van der Waals surface area contributed by atoms with Crippen LogP contribution in [0.1, 0.15) is 17.1 Å². The van der Waals surface area contributed by atoms with Gasteiger partial charge in [0.1, 0.15) is 5.01 Å². The van der Waals surface area contributed by atoms with Gasteiger partial charge in [-0.3, -0.25) is 0 Å². The average Bonchev–Trinajstić information content (AvgIpc) is 2.51. The molecule has 4 heteroatoms. The van der Waals surface area contributed by atoms with Gasteiger partial charge in [-0.1, -0.05) is 0 Å². The van der Waals surface area contributed by atoms with E-state index in [9.17, 15) is 0 Å². The van der Waals surface area contributed by atoms with Crippen molar-refractivity contribution in [3.63, 3.8) is 0 Å². The summed E-state index contributed by atoms with van der Waals surface area (Å²) >= 11 is 1.72. The van der Waals surface area contributed by atoms with Crippen LogP contribution in [0.15, 0.2) is 5.38 Å². The molecule has 13 heavy (non-hydrogen) atoms. The van der Waals surface area contributed by atoms with Crippen LogP contribution in [0.4, 0.5) is 0 Å². The van der Waals surface area contributed by atoms with Gasteiger partial charge in [0.15, 0.2) is 0 Å². The van der Waals surface area contributed by atoms with Crippen molar-refractivity contribution in [3.8, 4) is 0 Å². The van der Waals surface area contributed by atoms with E-state index in [1.165, 1.54) is 11.4 Å². The van der Waals surface area contributed by atoms with Gasteiger partial charge in [-0.2, -0.15) is 0 Å². The van der Waals surface area contributed by atoms with Gasteiger partial charge in [0, 0.05) is 17.6 Å². The first-order valence-corrected chi connectivity index (χ1v) is 5.47. The summed E-state index contributed by atoms with van der Waals surface area (Å²) in [4.78, 5) is 4.37. The zero-order chi connectivity index (χ0) is 9.52. The highest BCUT2D eigenvalue weighted by Gasteiger charge is 1.96. The van der Waals surface area contributed by atoms with Gasteiger partial charge in [0.25, 0.3) is 0 Å².